The maximum atomic E-state index is 11.8. The first kappa shape index (κ1) is 10.1. The number of carbonyl (C=O) groups is 1. The lowest BCUT2D eigenvalue weighted by atomic mass is 9.99. The van der Waals surface area contributed by atoms with E-state index in [1.54, 1.807) is 0 Å². The Morgan fingerprint density at radius 1 is 0.941 bits per heavy atom. The molecule has 0 radical (unpaired) electrons. The van der Waals surface area contributed by atoms with Crippen LogP contribution in [0.3, 0.4) is 0 Å². The SMILES string of the molecule is O=C1N[C@@H](Cc2ccccc2)c2ccccc21. The molecule has 2 aromatic carbocycles. The third kappa shape index (κ3) is 1.82. The van der Waals surface area contributed by atoms with Crippen LogP contribution in [0.2, 0.25) is 0 Å². The summed E-state index contributed by atoms with van der Waals surface area (Å²) in [7, 11) is 0. The lowest BCUT2D eigenvalue weighted by Gasteiger charge is -2.11. The molecule has 1 aliphatic heterocycles. The van der Waals surface area contributed by atoms with Crippen molar-refractivity contribution < 1.29 is 4.79 Å². The summed E-state index contributed by atoms with van der Waals surface area (Å²) in [5, 5.41) is 3.03. The smallest absolute Gasteiger partial charge is 0.252 e. The summed E-state index contributed by atoms with van der Waals surface area (Å²) < 4.78 is 0. The van der Waals surface area contributed by atoms with E-state index in [4.69, 9.17) is 0 Å². The summed E-state index contributed by atoms with van der Waals surface area (Å²) in [6.45, 7) is 0. The number of carbonyl (C=O) groups excluding carboxylic acids is 1. The molecule has 2 heteroatoms. The Kier molecular flexibility index (Phi) is 2.41. The van der Waals surface area contributed by atoms with Gasteiger partial charge in [-0.05, 0) is 23.6 Å². The van der Waals surface area contributed by atoms with E-state index in [2.05, 4.69) is 17.4 Å². The topological polar surface area (TPSA) is 29.1 Å². The number of hydrogen-bond donors (Lipinski definition) is 1. The summed E-state index contributed by atoms with van der Waals surface area (Å²) >= 11 is 0. The Hall–Kier alpha value is -2.09. The highest BCUT2D eigenvalue weighted by Gasteiger charge is 2.27. The minimum Gasteiger partial charge on any atom is -0.345 e. The van der Waals surface area contributed by atoms with Crippen LogP contribution >= 0.6 is 0 Å². The molecule has 0 spiro atoms. The molecule has 0 aromatic heterocycles. The number of rotatable bonds is 2. The molecule has 1 aliphatic rings. The van der Waals surface area contributed by atoms with Gasteiger partial charge in [-0.1, -0.05) is 48.5 Å². The van der Waals surface area contributed by atoms with Gasteiger partial charge in [0.25, 0.3) is 5.91 Å². The average molecular weight is 223 g/mol. The van der Waals surface area contributed by atoms with Crippen molar-refractivity contribution in [2.24, 2.45) is 0 Å². The van der Waals surface area contributed by atoms with Crippen LogP contribution in [-0.2, 0) is 6.42 Å². The number of nitrogens with one attached hydrogen (secondary N) is 1. The molecular weight excluding hydrogens is 210 g/mol. The van der Waals surface area contributed by atoms with E-state index < -0.39 is 0 Å². The molecule has 1 N–H and O–H groups in total. The van der Waals surface area contributed by atoms with Gasteiger partial charge in [-0.2, -0.15) is 0 Å². The van der Waals surface area contributed by atoms with Crippen molar-refractivity contribution >= 4 is 5.91 Å². The van der Waals surface area contributed by atoms with Gasteiger partial charge in [0.1, 0.15) is 0 Å². The summed E-state index contributed by atoms with van der Waals surface area (Å²) in [6.07, 6.45) is 0.851. The normalized spacial score (nSPS) is 17.6. The summed E-state index contributed by atoms with van der Waals surface area (Å²) in [5.74, 6) is 0.0431. The Balaban J connectivity index is 1.90. The van der Waals surface area contributed by atoms with Gasteiger partial charge in [0.05, 0.1) is 6.04 Å². The molecule has 84 valence electrons. The van der Waals surface area contributed by atoms with Gasteiger partial charge >= 0.3 is 0 Å². The first-order valence-corrected chi connectivity index (χ1v) is 5.78. The first-order chi connectivity index (χ1) is 8.34. The van der Waals surface area contributed by atoms with E-state index in [1.807, 2.05) is 42.5 Å². The van der Waals surface area contributed by atoms with Gasteiger partial charge in [-0.25, -0.2) is 0 Å². The van der Waals surface area contributed by atoms with Crippen LogP contribution in [0.25, 0.3) is 0 Å². The zero-order valence-corrected chi connectivity index (χ0v) is 9.39. The lowest BCUT2D eigenvalue weighted by molar-refractivity contribution is 0.0956. The molecule has 0 fully saturated rings. The van der Waals surface area contributed by atoms with Gasteiger partial charge in [0, 0.05) is 5.56 Å². The molecule has 0 saturated heterocycles. The number of amides is 1. The molecule has 1 amide bonds. The molecule has 2 nitrogen and oxygen atoms in total. The van der Waals surface area contributed by atoms with E-state index in [0.717, 1.165) is 17.5 Å². The predicted molar refractivity (Wildman–Crippen MR) is 66.8 cm³/mol. The van der Waals surface area contributed by atoms with Crippen LogP contribution in [0.1, 0.15) is 27.5 Å². The highest BCUT2D eigenvalue weighted by Crippen LogP contribution is 2.27. The monoisotopic (exact) mass is 223 g/mol. The molecule has 1 atom stereocenters. The summed E-state index contributed by atoms with van der Waals surface area (Å²) in [5.41, 5.74) is 3.17. The van der Waals surface area contributed by atoms with E-state index >= 15 is 0 Å². The maximum absolute atomic E-state index is 11.8. The predicted octanol–water partition coefficient (Wildman–Crippen LogP) is 2.71. The van der Waals surface area contributed by atoms with Gasteiger partial charge in [-0.3, -0.25) is 4.79 Å². The zero-order chi connectivity index (χ0) is 11.7. The van der Waals surface area contributed by atoms with Gasteiger partial charge in [0.15, 0.2) is 0 Å². The van der Waals surface area contributed by atoms with Crippen LogP contribution in [0, 0.1) is 0 Å². The minimum absolute atomic E-state index is 0.0431. The zero-order valence-electron chi connectivity index (χ0n) is 9.39. The molecule has 3 rings (SSSR count). The molecule has 0 aliphatic carbocycles. The fraction of sp³-hybridized carbons (Fsp3) is 0.133. The van der Waals surface area contributed by atoms with E-state index in [9.17, 15) is 4.79 Å². The van der Waals surface area contributed by atoms with E-state index in [-0.39, 0.29) is 11.9 Å². The molecule has 0 bridgehead atoms. The summed E-state index contributed by atoms with van der Waals surface area (Å²) in [4.78, 5) is 11.8. The maximum Gasteiger partial charge on any atom is 0.252 e. The van der Waals surface area contributed by atoms with Gasteiger partial charge in [0.2, 0.25) is 0 Å². The lowest BCUT2D eigenvalue weighted by Crippen LogP contribution is -2.20. The Bertz CT molecular complexity index is 548. The minimum atomic E-state index is 0.0431. The fourth-order valence-electron chi connectivity index (χ4n) is 2.33. The van der Waals surface area contributed by atoms with Crippen molar-refractivity contribution in [1.82, 2.24) is 5.32 Å². The van der Waals surface area contributed by atoms with E-state index in [1.165, 1.54) is 5.56 Å². The van der Waals surface area contributed by atoms with Crippen LogP contribution in [0.15, 0.2) is 54.6 Å². The summed E-state index contributed by atoms with van der Waals surface area (Å²) in [6, 6.07) is 18.2. The van der Waals surface area contributed by atoms with Crippen LogP contribution in [-0.4, -0.2) is 5.91 Å². The van der Waals surface area contributed by atoms with Crippen LogP contribution < -0.4 is 5.32 Å². The van der Waals surface area contributed by atoms with Crippen molar-refractivity contribution in [3.63, 3.8) is 0 Å². The highest BCUT2D eigenvalue weighted by molar-refractivity contribution is 5.99. The Morgan fingerprint density at radius 2 is 1.65 bits per heavy atom. The number of hydrogen-bond acceptors (Lipinski definition) is 1. The molecule has 1 heterocycles. The van der Waals surface area contributed by atoms with Crippen molar-refractivity contribution in [3.8, 4) is 0 Å². The fourth-order valence-corrected chi connectivity index (χ4v) is 2.33. The highest BCUT2D eigenvalue weighted by atomic mass is 16.2. The molecule has 0 unspecified atom stereocenters. The van der Waals surface area contributed by atoms with Crippen molar-refractivity contribution in [2.75, 3.05) is 0 Å². The van der Waals surface area contributed by atoms with Crippen LogP contribution in [0.5, 0.6) is 0 Å². The Labute approximate surface area is 100 Å². The number of fused-ring (bicyclic) bond motifs is 1. The third-order valence-electron chi connectivity index (χ3n) is 3.17. The Morgan fingerprint density at radius 3 is 2.47 bits per heavy atom. The molecule has 0 saturated carbocycles. The van der Waals surface area contributed by atoms with Crippen molar-refractivity contribution in [3.05, 3.63) is 71.3 Å². The first-order valence-electron chi connectivity index (χ1n) is 5.78. The molecule has 17 heavy (non-hydrogen) atoms. The second-order valence-electron chi connectivity index (χ2n) is 4.30. The number of benzene rings is 2. The van der Waals surface area contributed by atoms with Gasteiger partial charge in [-0.15, -0.1) is 0 Å². The standard InChI is InChI=1S/C15H13NO/c17-15-13-9-5-4-8-12(13)14(16-15)10-11-6-2-1-3-7-11/h1-9,14H,10H2,(H,16,17)/t14-/m0/s1. The van der Waals surface area contributed by atoms with Gasteiger partial charge < -0.3 is 5.32 Å². The van der Waals surface area contributed by atoms with E-state index in [0.29, 0.717) is 0 Å². The average Bonchev–Trinajstić information content (AvgIpc) is 2.69. The van der Waals surface area contributed by atoms with Crippen LogP contribution in [0.4, 0.5) is 0 Å². The molecule has 2 aromatic rings. The van der Waals surface area contributed by atoms with Crippen molar-refractivity contribution in [2.45, 2.75) is 12.5 Å². The second kappa shape index (κ2) is 4.06. The third-order valence-corrected chi connectivity index (χ3v) is 3.17. The van der Waals surface area contributed by atoms with Crippen molar-refractivity contribution in [1.29, 1.82) is 0 Å². The second-order valence-corrected chi connectivity index (χ2v) is 4.30. The largest absolute Gasteiger partial charge is 0.345 e. The molecular formula is C15H13NO. The quantitative estimate of drug-likeness (QED) is 0.833.